The van der Waals surface area contributed by atoms with Crippen LogP contribution in [0.4, 0.5) is 0 Å². The van der Waals surface area contributed by atoms with E-state index in [1.807, 2.05) is 13.0 Å². The van der Waals surface area contributed by atoms with Crippen molar-refractivity contribution in [3.63, 3.8) is 0 Å². The number of pyridine rings is 1. The van der Waals surface area contributed by atoms with Crippen LogP contribution in [0.1, 0.15) is 35.8 Å². The summed E-state index contributed by atoms with van der Waals surface area (Å²) >= 11 is 0. The van der Waals surface area contributed by atoms with Crippen LogP contribution in [0.3, 0.4) is 0 Å². The Balaban J connectivity index is 2.55. The van der Waals surface area contributed by atoms with Gasteiger partial charge in [0.2, 0.25) is 0 Å². The Morgan fingerprint density at radius 3 is 2.82 bits per heavy atom. The summed E-state index contributed by atoms with van der Waals surface area (Å²) in [5, 5.41) is 11.3. The summed E-state index contributed by atoms with van der Waals surface area (Å²) in [5.41, 5.74) is 1.19. The fourth-order valence-electron chi connectivity index (χ4n) is 1.43. The van der Waals surface area contributed by atoms with Gasteiger partial charge in [-0.1, -0.05) is 6.07 Å². The highest BCUT2D eigenvalue weighted by molar-refractivity contribution is 5.93. The maximum absolute atomic E-state index is 11.8. The molecule has 2 N–H and O–H groups in total. The standard InChI is InChI=1S/C12H16N2O3/c1-8-4-3-7-13-11(8)12(17)14-9(2)5-6-10(15)16/h3-4,7,9H,5-6H2,1-2H3,(H,14,17)(H,15,16). The van der Waals surface area contributed by atoms with Crippen LogP contribution < -0.4 is 5.32 Å². The molecule has 0 fully saturated rings. The molecule has 1 aromatic heterocycles. The second-order valence-electron chi connectivity index (χ2n) is 3.98. The summed E-state index contributed by atoms with van der Waals surface area (Å²) < 4.78 is 0. The fourth-order valence-corrected chi connectivity index (χ4v) is 1.43. The Morgan fingerprint density at radius 2 is 2.24 bits per heavy atom. The zero-order valence-corrected chi connectivity index (χ0v) is 9.93. The number of hydrogen-bond donors (Lipinski definition) is 2. The van der Waals surface area contributed by atoms with Crippen LogP contribution in [0.25, 0.3) is 0 Å². The third kappa shape index (κ3) is 4.22. The molecule has 1 unspecified atom stereocenters. The summed E-state index contributed by atoms with van der Waals surface area (Å²) in [6, 6.07) is 3.39. The van der Waals surface area contributed by atoms with E-state index in [0.717, 1.165) is 5.56 Å². The monoisotopic (exact) mass is 236 g/mol. The van der Waals surface area contributed by atoms with E-state index in [-0.39, 0.29) is 18.4 Å². The van der Waals surface area contributed by atoms with Gasteiger partial charge in [-0.2, -0.15) is 0 Å². The van der Waals surface area contributed by atoms with Crippen molar-refractivity contribution in [3.8, 4) is 0 Å². The molecule has 17 heavy (non-hydrogen) atoms. The first kappa shape index (κ1) is 13.2. The first-order valence-corrected chi connectivity index (χ1v) is 5.45. The second-order valence-corrected chi connectivity index (χ2v) is 3.98. The Hall–Kier alpha value is -1.91. The van der Waals surface area contributed by atoms with E-state index < -0.39 is 5.97 Å². The molecule has 92 valence electrons. The number of hydrogen-bond acceptors (Lipinski definition) is 3. The minimum absolute atomic E-state index is 0.0443. The second kappa shape index (κ2) is 5.98. The van der Waals surface area contributed by atoms with Crippen LogP contribution in [-0.2, 0) is 4.79 Å². The van der Waals surface area contributed by atoms with Gasteiger partial charge in [-0.3, -0.25) is 14.6 Å². The van der Waals surface area contributed by atoms with Crippen LogP contribution in [0.2, 0.25) is 0 Å². The smallest absolute Gasteiger partial charge is 0.303 e. The van der Waals surface area contributed by atoms with Crippen LogP contribution in [-0.4, -0.2) is 28.0 Å². The van der Waals surface area contributed by atoms with Crippen molar-refractivity contribution in [2.75, 3.05) is 0 Å². The van der Waals surface area contributed by atoms with Gasteiger partial charge in [-0.15, -0.1) is 0 Å². The van der Waals surface area contributed by atoms with Crippen LogP contribution >= 0.6 is 0 Å². The average Bonchev–Trinajstić information content (AvgIpc) is 2.26. The summed E-state index contributed by atoms with van der Waals surface area (Å²) in [7, 11) is 0. The fraction of sp³-hybridized carbons (Fsp3) is 0.417. The molecule has 0 saturated heterocycles. The number of carboxylic acids is 1. The van der Waals surface area contributed by atoms with Gasteiger partial charge in [-0.05, 0) is 31.9 Å². The molecular weight excluding hydrogens is 220 g/mol. The molecule has 1 aromatic rings. The number of carbonyl (C=O) groups is 2. The van der Waals surface area contributed by atoms with Gasteiger partial charge in [0.05, 0.1) is 0 Å². The predicted octanol–water partition coefficient (Wildman–Crippen LogP) is 1.37. The van der Waals surface area contributed by atoms with Gasteiger partial charge in [0.15, 0.2) is 0 Å². The van der Waals surface area contributed by atoms with Gasteiger partial charge >= 0.3 is 5.97 Å². The lowest BCUT2D eigenvalue weighted by molar-refractivity contribution is -0.137. The van der Waals surface area contributed by atoms with Crippen LogP contribution in [0.5, 0.6) is 0 Å². The molecule has 5 heteroatoms. The zero-order valence-electron chi connectivity index (χ0n) is 9.93. The normalized spacial score (nSPS) is 11.9. The average molecular weight is 236 g/mol. The van der Waals surface area contributed by atoms with Gasteiger partial charge < -0.3 is 10.4 Å². The van der Waals surface area contributed by atoms with Crippen molar-refractivity contribution >= 4 is 11.9 Å². The van der Waals surface area contributed by atoms with Crippen molar-refractivity contribution in [3.05, 3.63) is 29.6 Å². The summed E-state index contributed by atoms with van der Waals surface area (Å²) in [6.07, 6.45) is 2.01. The first-order valence-electron chi connectivity index (χ1n) is 5.45. The maximum atomic E-state index is 11.8. The Kier molecular flexibility index (Phi) is 4.63. The van der Waals surface area contributed by atoms with E-state index in [2.05, 4.69) is 10.3 Å². The number of carbonyl (C=O) groups excluding carboxylic acids is 1. The minimum atomic E-state index is -0.861. The van der Waals surface area contributed by atoms with Crippen molar-refractivity contribution in [2.45, 2.75) is 32.7 Å². The number of rotatable bonds is 5. The number of amides is 1. The van der Waals surface area contributed by atoms with Crippen molar-refractivity contribution in [1.82, 2.24) is 10.3 Å². The molecule has 0 bridgehead atoms. The molecule has 0 spiro atoms. The summed E-state index contributed by atoms with van der Waals surface area (Å²) in [5.74, 6) is -1.12. The van der Waals surface area contributed by atoms with Crippen LogP contribution in [0, 0.1) is 6.92 Å². The Labute approximate surface area is 99.9 Å². The lowest BCUT2D eigenvalue weighted by atomic mass is 10.1. The Bertz CT molecular complexity index is 418. The van der Waals surface area contributed by atoms with Gasteiger partial charge in [0, 0.05) is 18.7 Å². The molecule has 0 radical (unpaired) electrons. The Morgan fingerprint density at radius 1 is 1.53 bits per heavy atom. The highest BCUT2D eigenvalue weighted by Crippen LogP contribution is 2.04. The molecule has 1 rings (SSSR count). The lowest BCUT2D eigenvalue weighted by Crippen LogP contribution is -2.33. The van der Waals surface area contributed by atoms with E-state index in [1.54, 1.807) is 19.2 Å². The van der Waals surface area contributed by atoms with E-state index in [4.69, 9.17) is 5.11 Å². The van der Waals surface area contributed by atoms with Gasteiger partial charge in [-0.25, -0.2) is 0 Å². The first-order chi connectivity index (χ1) is 8.00. The summed E-state index contributed by atoms with van der Waals surface area (Å²) in [4.78, 5) is 26.2. The summed E-state index contributed by atoms with van der Waals surface area (Å²) in [6.45, 7) is 3.59. The molecule has 0 aromatic carbocycles. The van der Waals surface area contributed by atoms with E-state index in [1.165, 1.54) is 0 Å². The van der Waals surface area contributed by atoms with Gasteiger partial charge in [0.1, 0.15) is 5.69 Å². The largest absolute Gasteiger partial charge is 0.481 e. The zero-order chi connectivity index (χ0) is 12.8. The van der Waals surface area contributed by atoms with E-state index in [9.17, 15) is 9.59 Å². The molecule has 1 heterocycles. The highest BCUT2D eigenvalue weighted by atomic mass is 16.4. The molecule has 0 aliphatic carbocycles. The molecule has 1 atom stereocenters. The van der Waals surface area contributed by atoms with E-state index in [0.29, 0.717) is 12.1 Å². The topological polar surface area (TPSA) is 79.3 Å². The number of carboxylic acid groups (broad SMARTS) is 1. The SMILES string of the molecule is Cc1cccnc1C(=O)NC(C)CCC(=O)O. The minimum Gasteiger partial charge on any atom is -0.481 e. The molecule has 1 amide bonds. The molecule has 0 saturated carbocycles. The predicted molar refractivity (Wildman–Crippen MR) is 62.8 cm³/mol. The van der Waals surface area contributed by atoms with Crippen molar-refractivity contribution < 1.29 is 14.7 Å². The van der Waals surface area contributed by atoms with E-state index >= 15 is 0 Å². The maximum Gasteiger partial charge on any atom is 0.303 e. The third-order valence-corrected chi connectivity index (χ3v) is 2.39. The highest BCUT2D eigenvalue weighted by Gasteiger charge is 2.13. The number of aliphatic carboxylic acids is 1. The van der Waals surface area contributed by atoms with Crippen LogP contribution in [0.15, 0.2) is 18.3 Å². The number of nitrogens with one attached hydrogen (secondary N) is 1. The number of aromatic nitrogens is 1. The van der Waals surface area contributed by atoms with Crippen molar-refractivity contribution in [2.24, 2.45) is 0 Å². The van der Waals surface area contributed by atoms with Crippen molar-refractivity contribution in [1.29, 1.82) is 0 Å². The quantitative estimate of drug-likeness (QED) is 0.809. The number of aryl methyl sites for hydroxylation is 1. The lowest BCUT2D eigenvalue weighted by Gasteiger charge is -2.13. The van der Waals surface area contributed by atoms with Gasteiger partial charge in [0.25, 0.3) is 5.91 Å². The molecular formula is C12H16N2O3. The molecule has 0 aliphatic heterocycles. The number of nitrogens with zero attached hydrogens (tertiary/aromatic N) is 1. The third-order valence-electron chi connectivity index (χ3n) is 2.39. The molecule has 0 aliphatic rings. The molecule has 5 nitrogen and oxygen atoms in total.